The van der Waals surface area contributed by atoms with Crippen molar-refractivity contribution >= 4 is 43.7 Å². The molecule has 3 saturated heterocycles. The summed E-state index contributed by atoms with van der Waals surface area (Å²) in [6.45, 7) is 23.2. The second-order valence-electron chi connectivity index (χ2n) is 30.4. The number of fused-ring (bicyclic) bond motifs is 5. The fraction of sp³-hybridized carbons (Fsp3) is 0.389. The molecule has 0 bridgehead atoms. The molecule has 0 saturated carbocycles. The summed E-state index contributed by atoms with van der Waals surface area (Å²) in [5, 5.41) is 37.3. The van der Waals surface area contributed by atoms with Crippen molar-refractivity contribution < 1.29 is 65.5 Å². The number of aromatic nitrogens is 3. The van der Waals surface area contributed by atoms with E-state index >= 15 is 0 Å². The average molecular weight is 1490 g/mol. The first-order chi connectivity index (χ1) is 53.6. The Morgan fingerprint density at radius 3 is 1.25 bits per heavy atom. The highest BCUT2D eigenvalue weighted by molar-refractivity contribution is 5.89. The van der Waals surface area contributed by atoms with Gasteiger partial charge in [0, 0.05) is 56.1 Å². The van der Waals surface area contributed by atoms with Crippen molar-refractivity contribution in [2.24, 2.45) is 0 Å². The molecule has 0 unspecified atom stereocenters. The quantitative estimate of drug-likeness (QED) is 0.0510. The fourth-order valence-corrected chi connectivity index (χ4v) is 15.3. The Balaban J connectivity index is 0.000000131. The largest absolute Gasteiger partial charge is 0.490 e. The summed E-state index contributed by atoms with van der Waals surface area (Å²) < 4.78 is 64.4. The van der Waals surface area contributed by atoms with Gasteiger partial charge >= 0.3 is 0 Å². The lowest BCUT2D eigenvalue weighted by atomic mass is 9.88. The van der Waals surface area contributed by atoms with Crippen LogP contribution < -0.4 is 23.7 Å². The first kappa shape index (κ1) is 75.2. The standard InChI is InChI=1S/C31H32N2O4.C30H36N2O4.C29H32N2O6/c1-2-26-18-32-31(36-26)30-17-27-28(8-5-9-29(27)37-30)35-20-25(34)19-33-14-12-22(13-15-33)24-11-10-21-6-3-4-7-23(21)16-24;1-19(2)29-16-31-30(36-29)28-15-25-26(6-5-7-27(25)35-28)34-18-24(33)17-32-12-10-22(11-13-32)23-9-8-20(3)21(4)14-23;1-18(2)28-14-30-29(37-28)27-13-22-23(4-3-5-24(22)36-27)33-16-21(32)15-31-10-8-19(9-11-31)20-6-7-25-26(12-20)35-17-34-25/h3-11,16-18,22,25,34H,2,12-15,19-20H2,1H3;5-9,14-16,19,22,24,33H,10-13,17-18H2,1-4H3;3-7,12-14,18-19,21,32H,8-11,15-17H2,1-2H3/t25-;24-;21-/m000/s1. The average Bonchev–Trinajstić information content (AvgIpc) is 1.54. The number of likely N-dealkylation sites (tertiary alicyclic amines) is 3. The monoisotopic (exact) mass is 1490 g/mol. The number of oxazole rings is 3. The van der Waals surface area contributed by atoms with Gasteiger partial charge in [-0.05, 0) is 197 Å². The predicted molar refractivity (Wildman–Crippen MR) is 425 cm³/mol. The van der Waals surface area contributed by atoms with Crippen molar-refractivity contribution in [2.45, 2.75) is 141 Å². The Bertz CT molecular complexity index is 5190. The molecule has 10 heterocycles. The number of furan rings is 3. The summed E-state index contributed by atoms with van der Waals surface area (Å²) in [5.41, 5.74) is 8.97. The number of rotatable bonds is 24. The second-order valence-corrected chi connectivity index (χ2v) is 30.4. The maximum Gasteiger partial charge on any atom is 0.263 e. The SMILES string of the molecule is CC(C)c1cnc(-c2cc3c(OC[C@@H](O)CN4CCC(c5ccc6c(c5)OCO6)CC4)cccc3o2)o1.CCc1cnc(-c2cc3c(OC[C@@H](O)CN4CCC(c5ccc6ccccc6c5)CC4)cccc3o2)o1.Cc1ccc(C2CCN(C[C@H](O)COc3cccc4oc(-c5ncc(C(C)C)o5)cc34)CC2)cc1C. The van der Waals surface area contributed by atoms with Crippen molar-refractivity contribution in [1.82, 2.24) is 29.7 Å². The molecule has 574 valence electrons. The topological polar surface area (TPSA) is 234 Å². The Hall–Kier alpha value is -10.2. The number of aliphatic hydroxyl groups excluding tert-OH is 3. The highest BCUT2D eigenvalue weighted by Crippen LogP contribution is 2.41. The van der Waals surface area contributed by atoms with Crippen LogP contribution in [0.1, 0.15) is 148 Å². The summed E-state index contributed by atoms with van der Waals surface area (Å²) >= 11 is 0. The van der Waals surface area contributed by atoms with E-state index in [1.54, 1.807) is 18.6 Å². The molecule has 4 aliphatic heterocycles. The lowest BCUT2D eigenvalue weighted by molar-refractivity contribution is 0.0598. The van der Waals surface area contributed by atoms with Gasteiger partial charge in [0.1, 0.15) is 89.4 Å². The molecule has 20 nitrogen and oxygen atoms in total. The zero-order chi connectivity index (χ0) is 75.8. The van der Waals surface area contributed by atoms with Gasteiger partial charge in [-0.15, -0.1) is 0 Å². The predicted octanol–water partition coefficient (Wildman–Crippen LogP) is 18.4. The molecule has 7 aromatic carbocycles. The van der Waals surface area contributed by atoms with Crippen molar-refractivity contribution in [2.75, 3.05) is 85.5 Å². The second kappa shape index (κ2) is 34.4. The van der Waals surface area contributed by atoms with Gasteiger partial charge in [-0.3, -0.25) is 0 Å². The van der Waals surface area contributed by atoms with Gasteiger partial charge in [-0.1, -0.05) is 120 Å². The van der Waals surface area contributed by atoms with Crippen molar-refractivity contribution in [1.29, 1.82) is 0 Å². The van der Waals surface area contributed by atoms with Crippen LogP contribution >= 0.6 is 0 Å². The number of ether oxygens (including phenoxy) is 5. The minimum Gasteiger partial charge on any atom is -0.490 e. The zero-order valence-corrected chi connectivity index (χ0v) is 63.9. The fourth-order valence-electron chi connectivity index (χ4n) is 15.3. The molecule has 0 amide bonds. The van der Waals surface area contributed by atoms with Crippen LogP contribution in [0.3, 0.4) is 0 Å². The third kappa shape index (κ3) is 18.0. The van der Waals surface area contributed by atoms with Gasteiger partial charge in [0.15, 0.2) is 28.8 Å². The van der Waals surface area contributed by atoms with E-state index in [4.69, 9.17) is 50.2 Å². The molecule has 3 fully saturated rings. The molecule has 3 N–H and O–H groups in total. The highest BCUT2D eigenvalue weighted by Gasteiger charge is 2.29. The number of aliphatic hydroxyl groups is 3. The molecular weight excluding hydrogens is 1390 g/mol. The van der Waals surface area contributed by atoms with Gasteiger partial charge in [-0.25, -0.2) is 15.0 Å². The molecule has 110 heavy (non-hydrogen) atoms. The third-order valence-electron chi connectivity index (χ3n) is 21.9. The molecule has 13 aromatic rings. The highest BCUT2D eigenvalue weighted by atomic mass is 16.7. The Morgan fingerprint density at radius 1 is 0.409 bits per heavy atom. The zero-order valence-electron chi connectivity index (χ0n) is 63.9. The number of aryl methyl sites for hydroxylation is 3. The Morgan fingerprint density at radius 2 is 0.818 bits per heavy atom. The Kier molecular flexibility index (Phi) is 23.5. The van der Waals surface area contributed by atoms with E-state index < -0.39 is 18.3 Å². The van der Waals surface area contributed by atoms with Gasteiger partial charge in [0.25, 0.3) is 17.7 Å². The number of β-amino-alcohol motifs (C(OH)–C–C–N with tert-alkyl or cyclic N) is 3. The first-order valence-corrected chi connectivity index (χ1v) is 39.1. The third-order valence-corrected chi connectivity index (χ3v) is 21.9. The summed E-state index contributed by atoms with van der Waals surface area (Å²) in [6.07, 6.45) is 10.8. The first-order valence-electron chi connectivity index (χ1n) is 39.1. The smallest absolute Gasteiger partial charge is 0.263 e. The van der Waals surface area contributed by atoms with E-state index in [0.717, 1.165) is 129 Å². The van der Waals surface area contributed by atoms with Gasteiger partial charge < -0.3 is 80.2 Å². The molecular formula is C90H100N6O14. The summed E-state index contributed by atoms with van der Waals surface area (Å²) in [5.74, 6) is 11.4. The van der Waals surface area contributed by atoms with Gasteiger partial charge in [-0.2, -0.15) is 0 Å². The van der Waals surface area contributed by atoms with Crippen LogP contribution in [0, 0.1) is 13.8 Å². The van der Waals surface area contributed by atoms with E-state index in [-0.39, 0.29) is 31.7 Å². The summed E-state index contributed by atoms with van der Waals surface area (Å²) in [7, 11) is 0. The lowest BCUT2D eigenvalue weighted by Gasteiger charge is -2.33. The van der Waals surface area contributed by atoms with Crippen LogP contribution in [0.4, 0.5) is 0 Å². The van der Waals surface area contributed by atoms with Crippen LogP contribution in [0.15, 0.2) is 197 Å². The number of hydrogen-bond acceptors (Lipinski definition) is 20. The van der Waals surface area contributed by atoms with E-state index in [0.29, 0.717) is 113 Å². The number of nitrogens with zero attached hydrogens (tertiary/aromatic N) is 6. The van der Waals surface area contributed by atoms with Crippen LogP contribution in [-0.2, 0) is 6.42 Å². The molecule has 0 spiro atoms. The van der Waals surface area contributed by atoms with Crippen molar-refractivity contribution in [3.05, 3.63) is 215 Å². The van der Waals surface area contributed by atoms with E-state index in [2.05, 4.69) is 144 Å². The van der Waals surface area contributed by atoms with Crippen LogP contribution in [0.25, 0.3) is 78.6 Å². The maximum atomic E-state index is 10.7. The summed E-state index contributed by atoms with van der Waals surface area (Å²) in [4.78, 5) is 20.0. The van der Waals surface area contributed by atoms with Gasteiger partial charge in [0.05, 0.1) is 34.7 Å². The normalized spacial score (nSPS) is 16.4. The number of piperidine rings is 3. The van der Waals surface area contributed by atoms with Crippen molar-refractivity contribution in [3.8, 4) is 63.7 Å². The molecule has 0 radical (unpaired) electrons. The summed E-state index contributed by atoms with van der Waals surface area (Å²) in [6, 6.07) is 51.2. The van der Waals surface area contributed by atoms with Crippen molar-refractivity contribution in [3.63, 3.8) is 0 Å². The van der Waals surface area contributed by atoms with E-state index in [1.807, 2.05) is 85.8 Å². The number of hydrogen-bond donors (Lipinski definition) is 3. The van der Waals surface area contributed by atoms with Crippen LogP contribution in [0.2, 0.25) is 0 Å². The van der Waals surface area contributed by atoms with Crippen LogP contribution in [0.5, 0.6) is 28.7 Å². The lowest BCUT2D eigenvalue weighted by Crippen LogP contribution is -2.40. The molecule has 3 atom stereocenters. The Labute approximate surface area is 641 Å². The minimum absolute atomic E-state index is 0.207. The minimum atomic E-state index is -0.593. The number of benzene rings is 7. The van der Waals surface area contributed by atoms with Crippen LogP contribution in [-0.4, -0.2) is 149 Å². The molecule has 0 aliphatic carbocycles. The van der Waals surface area contributed by atoms with E-state index in [1.165, 1.54) is 38.6 Å². The van der Waals surface area contributed by atoms with Gasteiger partial charge in [0.2, 0.25) is 6.79 Å². The van der Waals surface area contributed by atoms with E-state index in [9.17, 15) is 15.3 Å². The maximum absolute atomic E-state index is 10.7. The molecule has 20 heteroatoms. The molecule has 17 rings (SSSR count). The molecule has 6 aromatic heterocycles. The molecule has 4 aliphatic rings.